The Kier molecular flexibility index (Phi) is 17.2. The summed E-state index contributed by atoms with van der Waals surface area (Å²) in [6.07, 6.45) is 2.18. The molecule has 218 valence electrons. The van der Waals surface area contributed by atoms with Crippen LogP contribution < -0.4 is 8.85 Å². The number of nitrogens with one attached hydrogen (secondary N) is 2. The number of hydrogen-bond donors (Lipinski definition) is 5. The number of carboxylic acids is 3. The summed E-state index contributed by atoms with van der Waals surface area (Å²) in [5, 5.41) is 30.7. The van der Waals surface area contributed by atoms with Gasteiger partial charge in [0.15, 0.2) is 0 Å². The van der Waals surface area contributed by atoms with E-state index in [2.05, 4.69) is 8.85 Å². The third-order valence-electron chi connectivity index (χ3n) is 6.24. The summed E-state index contributed by atoms with van der Waals surface area (Å²) in [5.41, 5.74) is 0. The minimum absolute atomic E-state index is 0.0715. The Balaban J connectivity index is 2.76. The lowest BCUT2D eigenvalue weighted by atomic mass is 10.1. The van der Waals surface area contributed by atoms with Gasteiger partial charge in [-0.1, -0.05) is 0 Å². The van der Waals surface area contributed by atoms with Gasteiger partial charge < -0.3 is 20.6 Å². The van der Waals surface area contributed by atoms with Crippen LogP contribution in [0.1, 0.15) is 26.2 Å². The Morgan fingerprint density at radius 2 is 1.05 bits per heavy atom. The molecule has 1 aliphatic rings. The standard InChI is InChI=1S/C23H41IN6O8/c1-18(31)19(26-24)4-2-3-5-25-20(32)14-27-6-8-28(15-21(33)34)10-12-30(17-23(37)38)13-11-29(9-7-27)16-22(35)36/h19,26H,2-17H2,1H3,(H,25,32)(H,33,34)(H,35,36)(H,37,38)/t19-/m0/s1. The van der Waals surface area contributed by atoms with Gasteiger partial charge in [0.25, 0.3) is 0 Å². The molecule has 1 saturated heterocycles. The molecule has 0 unspecified atom stereocenters. The molecule has 0 aromatic rings. The molecule has 1 fully saturated rings. The van der Waals surface area contributed by atoms with E-state index in [0.29, 0.717) is 65.3 Å². The Labute approximate surface area is 237 Å². The number of amides is 1. The Hall–Kier alpha value is -1.92. The Morgan fingerprint density at radius 3 is 1.37 bits per heavy atom. The summed E-state index contributed by atoms with van der Waals surface area (Å²) >= 11 is 1.96. The van der Waals surface area contributed by atoms with Crippen molar-refractivity contribution in [1.82, 2.24) is 28.4 Å². The van der Waals surface area contributed by atoms with Crippen molar-refractivity contribution in [2.24, 2.45) is 0 Å². The first-order chi connectivity index (χ1) is 18.0. The smallest absolute Gasteiger partial charge is 0.317 e. The van der Waals surface area contributed by atoms with Crippen LogP contribution in [0.3, 0.4) is 0 Å². The van der Waals surface area contributed by atoms with Crippen LogP contribution in [0.25, 0.3) is 0 Å². The molecule has 0 bridgehead atoms. The minimum atomic E-state index is -1.01. The van der Waals surface area contributed by atoms with Crippen molar-refractivity contribution in [3.63, 3.8) is 0 Å². The second-order valence-corrected chi connectivity index (χ2v) is 10.0. The van der Waals surface area contributed by atoms with Crippen LogP contribution in [0.4, 0.5) is 0 Å². The quantitative estimate of drug-likeness (QED) is 0.0793. The largest absolute Gasteiger partial charge is 0.480 e. The van der Waals surface area contributed by atoms with Crippen molar-refractivity contribution < 1.29 is 39.3 Å². The number of rotatable bonds is 15. The van der Waals surface area contributed by atoms with Crippen LogP contribution in [-0.4, -0.2) is 156 Å². The van der Waals surface area contributed by atoms with Crippen molar-refractivity contribution in [1.29, 1.82) is 0 Å². The lowest BCUT2D eigenvalue weighted by Gasteiger charge is -2.32. The number of ketones is 1. The van der Waals surface area contributed by atoms with E-state index in [1.54, 1.807) is 14.7 Å². The predicted octanol–water partition coefficient (Wildman–Crippen LogP) is -1.35. The molecule has 0 radical (unpaired) electrons. The van der Waals surface area contributed by atoms with Crippen molar-refractivity contribution >= 4 is 52.5 Å². The van der Waals surface area contributed by atoms with Gasteiger partial charge >= 0.3 is 17.9 Å². The van der Waals surface area contributed by atoms with Crippen LogP contribution >= 0.6 is 22.9 Å². The van der Waals surface area contributed by atoms with E-state index < -0.39 is 17.9 Å². The van der Waals surface area contributed by atoms with Gasteiger partial charge in [-0.05, 0) is 26.2 Å². The fourth-order valence-corrected chi connectivity index (χ4v) is 4.83. The zero-order chi connectivity index (χ0) is 28.5. The highest BCUT2D eigenvalue weighted by atomic mass is 127. The highest BCUT2D eigenvalue weighted by molar-refractivity contribution is 14.1. The van der Waals surface area contributed by atoms with Gasteiger partial charge in [0.05, 0.1) is 32.2 Å². The highest BCUT2D eigenvalue weighted by Crippen LogP contribution is 2.04. The minimum Gasteiger partial charge on any atom is -0.480 e. The zero-order valence-electron chi connectivity index (χ0n) is 21.9. The van der Waals surface area contributed by atoms with Crippen molar-refractivity contribution in [3.8, 4) is 0 Å². The molecule has 0 aromatic heterocycles. The summed E-state index contributed by atoms with van der Waals surface area (Å²) < 4.78 is 2.94. The van der Waals surface area contributed by atoms with Gasteiger partial charge in [0.1, 0.15) is 5.78 Å². The van der Waals surface area contributed by atoms with Crippen LogP contribution in [0, 0.1) is 0 Å². The van der Waals surface area contributed by atoms with Crippen LogP contribution in [-0.2, 0) is 24.0 Å². The highest BCUT2D eigenvalue weighted by Gasteiger charge is 2.21. The summed E-state index contributed by atoms with van der Waals surface area (Å²) in [6.45, 7) is 4.23. The average molecular weight is 657 g/mol. The first kappa shape index (κ1) is 34.1. The van der Waals surface area contributed by atoms with E-state index in [9.17, 15) is 39.3 Å². The van der Waals surface area contributed by atoms with Crippen molar-refractivity contribution in [3.05, 3.63) is 0 Å². The number of carbonyl (C=O) groups excluding carboxylic acids is 2. The molecule has 1 heterocycles. The Morgan fingerprint density at radius 1 is 0.684 bits per heavy atom. The molecule has 14 nitrogen and oxygen atoms in total. The normalized spacial score (nSPS) is 18.2. The number of aliphatic carboxylic acids is 3. The second kappa shape index (κ2) is 19.2. The topological polar surface area (TPSA) is 183 Å². The lowest BCUT2D eigenvalue weighted by Crippen LogP contribution is -2.49. The number of Topliss-reactive ketones (excluding diaryl/α,β-unsaturated/α-hetero) is 1. The van der Waals surface area contributed by atoms with E-state index in [4.69, 9.17) is 0 Å². The molecule has 1 atom stereocenters. The molecule has 38 heavy (non-hydrogen) atoms. The van der Waals surface area contributed by atoms with Gasteiger partial charge in [-0.25, -0.2) is 0 Å². The molecular weight excluding hydrogens is 615 g/mol. The van der Waals surface area contributed by atoms with E-state index >= 15 is 0 Å². The summed E-state index contributed by atoms with van der Waals surface area (Å²) in [7, 11) is 0. The molecule has 0 spiro atoms. The SMILES string of the molecule is CC(=O)[C@H](CCCCNC(=O)CN1CCN(CC(=O)O)CCN(CC(=O)O)CCN(CC(=O)O)CC1)NI. The molecule has 0 aromatic carbocycles. The fourth-order valence-electron chi connectivity index (χ4n) is 4.08. The van der Waals surface area contributed by atoms with Crippen molar-refractivity contribution in [2.45, 2.75) is 32.2 Å². The van der Waals surface area contributed by atoms with E-state index in [0.717, 1.165) is 12.8 Å². The molecule has 1 rings (SSSR count). The number of unbranched alkanes of at least 4 members (excludes halogenated alkanes) is 1. The second-order valence-electron chi connectivity index (χ2n) is 9.40. The third-order valence-corrected chi connectivity index (χ3v) is 6.99. The van der Waals surface area contributed by atoms with Crippen LogP contribution in [0.15, 0.2) is 0 Å². The molecular formula is C23H41IN6O8. The molecule has 5 N–H and O–H groups in total. The predicted molar refractivity (Wildman–Crippen MR) is 147 cm³/mol. The first-order valence-corrected chi connectivity index (χ1v) is 13.8. The van der Waals surface area contributed by atoms with Crippen molar-refractivity contribution in [2.75, 3.05) is 85.1 Å². The van der Waals surface area contributed by atoms with Crippen LogP contribution in [0.2, 0.25) is 0 Å². The average Bonchev–Trinajstić information content (AvgIpc) is 2.81. The van der Waals surface area contributed by atoms with Gasteiger partial charge in [-0.2, -0.15) is 0 Å². The number of halogens is 1. The lowest BCUT2D eigenvalue weighted by molar-refractivity contribution is -0.140. The van der Waals surface area contributed by atoms with Gasteiger partial charge in [-0.3, -0.25) is 47.1 Å². The fraction of sp³-hybridized carbons (Fsp3) is 0.783. The van der Waals surface area contributed by atoms with Crippen LogP contribution in [0.5, 0.6) is 0 Å². The maximum Gasteiger partial charge on any atom is 0.317 e. The molecule has 15 heteroatoms. The number of carboxylic acid groups (broad SMARTS) is 3. The Bertz CT molecular complexity index is 757. The van der Waals surface area contributed by atoms with E-state index in [1.165, 1.54) is 6.92 Å². The summed E-state index contributed by atoms with van der Waals surface area (Å²) in [6, 6.07) is -0.202. The zero-order valence-corrected chi connectivity index (χ0v) is 24.1. The van der Waals surface area contributed by atoms with Gasteiger partial charge in [0, 0.05) is 81.8 Å². The monoisotopic (exact) mass is 656 g/mol. The number of hydrogen-bond acceptors (Lipinski definition) is 10. The first-order valence-electron chi connectivity index (χ1n) is 12.7. The maximum atomic E-state index is 12.6. The maximum absolute atomic E-state index is 12.6. The van der Waals surface area contributed by atoms with Gasteiger partial charge in [0.2, 0.25) is 5.91 Å². The molecule has 0 saturated carbocycles. The third kappa shape index (κ3) is 16.1. The molecule has 0 aliphatic carbocycles. The number of nitrogens with zero attached hydrogens (tertiary/aromatic N) is 4. The summed E-state index contributed by atoms with van der Waals surface area (Å²) in [5.74, 6) is -3.12. The van der Waals surface area contributed by atoms with E-state index in [1.807, 2.05) is 27.8 Å². The summed E-state index contributed by atoms with van der Waals surface area (Å²) in [4.78, 5) is 65.1. The molecule has 1 amide bonds. The van der Waals surface area contributed by atoms with Gasteiger partial charge in [-0.15, -0.1) is 0 Å². The number of carbonyl (C=O) groups is 5. The van der Waals surface area contributed by atoms with E-state index in [-0.39, 0.29) is 43.9 Å². The molecule has 1 aliphatic heterocycles.